The van der Waals surface area contributed by atoms with Gasteiger partial charge in [0.25, 0.3) is 0 Å². The van der Waals surface area contributed by atoms with Crippen molar-refractivity contribution in [2.75, 3.05) is 45.2 Å². The fraction of sp³-hybridized carbons (Fsp3) is 0.667. The Kier molecular flexibility index (Phi) is 5.21. The summed E-state index contributed by atoms with van der Waals surface area (Å²) in [4.78, 5) is 30.9. The van der Waals surface area contributed by atoms with Crippen molar-refractivity contribution in [3.05, 3.63) is 16.3 Å². The lowest BCUT2D eigenvalue weighted by atomic mass is 9.89. The average molecular weight is 402 g/mol. The molecule has 28 heavy (non-hydrogen) atoms. The number of anilines is 1. The van der Waals surface area contributed by atoms with Crippen molar-refractivity contribution in [1.82, 2.24) is 19.8 Å². The Labute approximate surface area is 171 Å². The molecule has 0 bridgehead atoms. The van der Waals surface area contributed by atoms with Gasteiger partial charge in [-0.25, -0.2) is 14.8 Å². The molecule has 0 unspecified atom stereocenters. The molecule has 1 fully saturated rings. The van der Waals surface area contributed by atoms with Gasteiger partial charge in [0.15, 0.2) is 0 Å². The molecule has 4 rings (SSSR count). The smallest absolute Gasteiger partial charge is 0.319 e. The summed E-state index contributed by atoms with van der Waals surface area (Å²) in [5.74, 6) is 3.08. The first kappa shape index (κ1) is 19.4. The summed E-state index contributed by atoms with van der Waals surface area (Å²) in [5.41, 5.74) is 1.48. The van der Waals surface area contributed by atoms with Gasteiger partial charge in [-0.15, -0.1) is 11.3 Å². The predicted molar refractivity (Wildman–Crippen MR) is 116 cm³/mol. The highest BCUT2D eigenvalue weighted by Crippen LogP contribution is 2.41. The lowest BCUT2D eigenvalue weighted by Gasteiger charge is -2.37. The summed E-state index contributed by atoms with van der Waals surface area (Å²) in [6.45, 7) is 9.79. The van der Waals surface area contributed by atoms with Crippen LogP contribution in [0.4, 0.5) is 10.6 Å². The largest absolute Gasteiger partial charge is 0.352 e. The molecule has 0 spiro atoms. The highest BCUT2D eigenvalue weighted by molar-refractivity contribution is 7.19. The summed E-state index contributed by atoms with van der Waals surface area (Å²) in [6, 6.07) is 0.0947. The van der Waals surface area contributed by atoms with E-state index < -0.39 is 0 Å². The molecule has 2 aromatic heterocycles. The maximum Gasteiger partial charge on any atom is 0.319 e. The van der Waals surface area contributed by atoms with Crippen LogP contribution in [-0.4, -0.2) is 66.1 Å². The number of rotatable bonds is 2. The Morgan fingerprint density at radius 2 is 1.89 bits per heavy atom. The van der Waals surface area contributed by atoms with E-state index in [0.29, 0.717) is 5.92 Å². The van der Waals surface area contributed by atoms with E-state index in [4.69, 9.17) is 9.97 Å². The van der Waals surface area contributed by atoms with Gasteiger partial charge >= 0.3 is 6.03 Å². The SMILES string of the molecule is CC(C)c1nc(N2CCN(C(=O)N(C)C)CC2)c2c3c(sc2n1)C[C@@H](C)CC3. The van der Waals surface area contributed by atoms with E-state index in [2.05, 4.69) is 25.7 Å². The lowest BCUT2D eigenvalue weighted by Crippen LogP contribution is -2.51. The van der Waals surface area contributed by atoms with Crippen LogP contribution in [-0.2, 0) is 12.8 Å². The van der Waals surface area contributed by atoms with Crippen LogP contribution in [0.15, 0.2) is 0 Å². The molecule has 0 aromatic carbocycles. The van der Waals surface area contributed by atoms with Crippen LogP contribution in [0.25, 0.3) is 10.2 Å². The minimum absolute atomic E-state index is 0.0947. The number of fused-ring (bicyclic) bond motifs is 3. The van der Waals surface area contributed by atoms with Crippen LogP contribution >= 0.6 is 11.3 Å². The Balaban J connectivity index is 1.71. The van der Waals surface area contributed by atoms with E-state index in [0.717, 1.165) is 61.4 Å². The van der Waals surface area contributed by atoms with E-state index in [-0.39, 0.29) is 6.03 Å². The molecule has 152 valence electrons. The van der Waals surface area contributed by atoms with Gasteiger partial charge in [0.05, 0.1) is 5.39 Å². The number of carbonyl (C=O) groups excluding carboxylic acids is 1. The Hall–Kier alpha value is -1.89. The number of urea groups is 1. The van der Waals surface area contributed by atoms with Crippen molar-refractivity contribution in [3.63, 3.8) is 0 Å². The van der Waals surface area contributed by atoms with Gasteiger partial charge in [-0.1, -0.05) is 20.8 Å². The van der Waals surface area contributed by atoms with Crippen molar-refractivity contribution in [1.29, 1.82) is 0 Å². The summed E-state index contributed by atoms with van der Waals surface area (Å²) < 4.78 is 0. The van der Waals surface area contributed by atoms with Gasteiger partial charge in [0, 0.05) is 51.1 Å². The summed E-state index contributed by atoms with van der Waals surface area (Å²) >= 11 is 1.87. The number of thiophene rings is 1. The Morgan fingerprint density at radius 3 is 2.54 bits per heavy atom. The van der Waals surface area contributed by atoms with Crippen LogP contribution in [0.5, 0.6) is 0 Å². The monoisotopic (exact) mass is 401 g/mol. The van der Waals surface area contributed by atoms with E-state index in [1.54, 1.807) is 4.90 Å². The Bertz CT molecular complexity index is 883. The average Bonchev–Trinajstić information content (AvgIpc) is 3.03. The quantitative estimate of drug-likeness (QED) is 0.769. The van der Waals surface area contributed by atoms with Gasteiger partial charge in [-0.3, -0.25) is 0 Å². The van der Waals surface area contributed by atoms with Gasteiger partial charge in [0.2, 0.25) is 0 Å². The highest BCUT2D eigenvalue weighted by atomic mass is 32.1. The second kappa shape index (κ2) is 7.50. The third-order valence-electron chi connectivity index (χ3n) is 5.90. The van der Waals surface area contributed by atoms with Gasteiger partial charge in [0.1, 0.15) is 16.5 Å². The zero-order valence-electron chi connectivity index (χ0n) is 17.7. The first-order valence-electron chi connectivity index (χ1n) is 10.4. The van der Waals surface area contributed by atoms with Crippen LogP contribution in [0, 0.1) is 5.92 Å². The zero-order chi connectivity index (χ0) is 20.0. The van der Waals surface area contributed by atoms with Crippen molar-refractivity contribution < 1.29 is 4.79 Å². The van der Waals surface area contributed by atoms with E-state index in [1.807, 2.05) is 30.3 Å². The number of aryl methyl sites for hydroxylation is 1. The van der Waals surface area contributed by atoms with Crippen LogP contribution < -0.4 is 4.90 Å². The van der Waals surface area contributed by atoms with Crippen LogP contribution in [0.3, 0.4) is 0 Å². The molecule has 0 radical (unpaired) electrons. The molecule has 2 aliphatic rings. The molecule has 1 aliphatic heterocycles. The number of hydrogen-bond acceptors (Lipinski definition) is 5. The zero-order valence-corrected chi connectivity index (χ0v) is 18.5. The molecule has 1 saturated heterocycles. The van der Waals surface area contributed by atoms with Crippen LogP contribution in [0.2, 0.25) is 0 Å². The molecule has 1 atom stereocenters. The summed E-state index contributed by atoms with van der Waals surface area (Å²) in [6.07, 6.45) is 3.54. The van der Waals surface area contributed by atoms with E-state index >= 15 is 0 Å². The minimum atomic E-state index is 0.0947. The molecule has 7 heteroatoms. The fourth-order valence-electron chi connectivity index (χ4n) is 4.22. The Morgan fingerprint density at radius 1 is 1.18 bits per heavy atom. The van der Waals surface area contributed by atoms with Crippen molar-refractivity contribution in [2.24, 2.45) is 5.92 Å². The molecule has 3 heterocycles. The molecule has 2 amide bonds. The second-order valence-corrected chi connectivity index (χ2v) is 9.83. The maximum absolute atomic E-state index is 12.3. The highest BCUT2D eigenvalue weighted by Gasteiger charge is 2.29. The van der Waals surface area contributed by atoms with Crippen molar-refractivity contribution >= 4 is 33.4 Å². The maximum atomic E-state index is 12.3. The summed E-state index contributed by atoms with van der Waals surface area (Å²) in [5, 5.41) is 1.28. The summed E-state index contributed by atoms with van der Waals surface area (Å²) in [7, 11) is 3.63. The van der Waals surface area contributed by atoms with E-state index in [9.17, 15) is 4.79 Å². The molecule has 0 saturated carbocycles. The number of carbonyl (C=O) groups is 1. The third-order valence-corrected chi connectivity index (χ3v) is 7.05. The topological polar surface area (TPSA) is 52.6 Å². The molecule has 2 aromatic rings. The normalized spacial score (nSPS) is 20.0. The molecule has 0 N–H and O–H groups in total. The third kappa shape index (κ3) is 3.45. The molecule has 6 nitrogen and oxygen atoms in total. The van der Waals surface area contributed by atoms with Gasteiger partial charge < -0.3 is 14.7 Å². The molecular formula is C21H31N5OS. The number of nitrogens with zero attached hydrogens (tertiary/aromatic N) is 5. The standard InChI is InChI=1S/C21H31N5OS/c1-13(2)18-22-19(25-8-10-26(11-9-25)21(27)24(4)5)17-15-7-6-14(3)12-16(15)28-20(17)23-18/h13-14H,6-12H2,1-5H3/t14-/m0/s1. The molecular weight excluding hydrogens is 370 g/mol. The predicted octanol–water partition coefficient (Wildman–Crippen LogP) is 3.74. The van der Waals surface area contributed by atoms with Gasteiger partial charge in [-0.05, 0) is 30.7 Å². The number of aromatic nitrogens is 2. The second-order valence-electron chi connectivity index (χ2n) is 8.74. The number of hydrogen-bond donors (Lipinski definition) is 0. The van der Waals surface area contributed by atoms with Crippen LogP contribution in [0.1, 0.15) is 49.4 Å². The first-order chi connectivity index (χ1) is 13.3. The van der Waals surface area contributed by atoms with E-state index in [1.165, 1.54) is 22.2 Å². The number of piperazine rings is 1. The van der Waals surface area contributed by atoms with Crippen molar-refractivity contribution in [2.45, 2.75) is 46.0 Å². The lowest BCUT2D eigenvalue weighted by molar-refractivity contribution is 0.168. The first-order valence-corrected chi connectivity index (χ1v) is 11.2. The minimum Gasteiger partial charge on any atom is -0.352 e. The van der Waals surface area contributed by atoms with Gasteiger partial charge in [-0.2, -0.15) is 0 Å². The molecule has 1 aliphatic carbocycles. The number of amides is 2. The fourth-order valence-corrected chi connectivity index (χ4v) is 5.60. The van der Waals surface area contributed by atoms with Crippen molar-refractivity contribution in [3.8, 4) is 0 Å².